The summed E-state index contributed by atoms with van der Waals surface area (Å²) in [6.45, 7) is 0.921. The van der Waals surface area contributed by atoms with Crippen LogP contribution in [0.5, 0.6) is 5.75 Å². The fraction of sp³-hybridized carbons (Fsp3) is 0.340. The topological polar surface area (TPSA) is 236 Å². The number of imide groups is 2. The highest BCUT2D eigenvalue weighted by atomic mass is 32.2. The van der Waals surface area contributed by atoms with Gasteiger partial charge in [-0.3, -0.25) is 52.7 Å². The van der Waals surface area contributed by atoms with Gasteiger partial charge < -0.3 is 20.3 Å². The molecule has 2 aromatic carbocycles. The quantitative estimate of drug-likeness (QED) is 0.150. The van der Waals surface area contributed by atoms with E-state index in [0.717, 1.165) is 63.2 Å². The summed E-state index contributed by atoms with van der Waals surface area (Å²) < 4.78 is 30.6. The summed E-state index contributed by atoms with van der Waals surface area (Å²) >= 11 is 1.23. The number of thiazole rings is 1. The van der Waals surface area contributed by atoms with Crippen LogP contribution in [-0.4, -0.2) is 112 Å². The molecule has 0 bridgehead atoms. The SMILES string of the molecule is CS(=O)(=O)n1ccc(C(=O)NCC(=O)Nc2nc(-c3cccc(-c4ccnc(C5(C(=O)N6CCC7(CC6)CC(Oc6ccc8c(c6)C(=O)N(C6CCC(=O)NC6=O)C8=O)C7)CC5)c4)c3)cs2)c1. The third kappa shape index (κ3) is 8.39. The Labute approximate surface area is 388 Å². The van der Waals surface area contributed by atoms with Crippen molar-refractivity contribution in [1.29, 1.82) is 0 Å². The van der Waals surface area contributed by atoms with E-state index in [0.29, 0.717) is 42.5 Å². The standard InChI is InChI=1S/C47H44N8O10S2/c1-67(63,64)54-16-10-30(25-54)40(58)49-24-39(57)52-45-50-35(26-66-45)29-4-2-3-27(19-29)28-9-15-48-37(20-28)47(11-12-47)44(62)53-17-13-46(14-18-53)22-32(23-46)65-31-5-6-33-34(21-31)43(61)55(42(33)60)36-7-8-38(56)51-41(36)59/h2-6,9-10,15-16,19-21,25-26,32,36H,7-8,11-14,17-18,22-24H2,1H3,(H,49,58)(H,50,52,57)(H,51,56,59). The average molecular weight is 945 g/mol. The van der Waals surface area contributed by atoms with Gasteiger partial charge in [-0.25, -0.2) is 13.4 Å². The fourth-order valence-electron chi connectivity index (χ4n) is 9.64. The van der Waals surface area contributed by atoms with Gasteiger partial charge in [0.1, 0.15) is 11.8 Å². The smallest absolute Gasteiger partial charge is 0.262 e. The number of carbonyl (C=O) groups is 7. The molecule has 3 N–H and O–H groups in total. The van der Waals surface area contributed by atoms with Crippen LogP contribution in [0.15, 0.2) is 84.6 Å². The number of nitrogens with one attached hydrogen (secondary N) is 3. The lowest BCUT2D eigenvalue weighted by molar-refractivity contribution is -0.139. The largest absolute Gasteiger partial charge is 0.490 e. The molecular weight excluding hydrogens is 901 g/mol. The lowest BCUT2D eigenvalue weighted by Crippen LogP contribution is -2.54. The Hall–Kier alpha value is -7.06. The maximum atomic E-state index is 14.2. The molecule has 67 heavy (non-hydrogen) atoms. The number of hydrogen-bond donors (Lipinski definition) is 3. The van der Waals surface area contributed by atoms with Crippen LogP contribution in [0.4, 0.5) is 5.13 Å². The van der Waals surface area contributed by atoms with Crippen LogP contribution in [0.1, 0.15) is 88.1 Å². The minimum absolute atomic E-state index is 0.0480. The molecule has 1 atom stereocenters. The predicted octanol–water partition coefficient (Wildman–Crippen LogP) is 4.13. The number of amides is 7. The molecule has 2 aliphatic carbocycles. The van der Waals surface area contributed by atoms with Gasteiger partial charge >= 0.3 is 0 Å². The van der Waals surface area contributed by atoms with Crippen molar-refractivity contribution in [3.63, 3.8) is 0 Å². The van der Waals surface area contributed by atoms with Crippen LogP contribution in [0.3, 0.4) is 0 Å². The van der Waals surface area contributed by atoms with E-state index < -0.39 is 56.9 Å². The number of carbonyl (C=O) groups excluding carboxylic acids is 7. The van der Waals surface area contributed by atoms with E-state index in [2.05, 4.69) is 20.9 Å². The van der Waals surface area contributed by atoms with E-state index in [1.165, 1.54) is 29.8 Å². The number of hydrogen-bond acceptors (Lipinski definition) is 13. The van der Waals surface area contributed by atoms with E-state index >= 15 is 0 Å². The first kappa shape index (κ1) is 43.8. The molecule has 1 spiro atoms. The van der Waals surface area contributed by atoms with E-state index in [9.17, 15) is 42.0 Å². The first-order chi connectivity index (χ1) is 32.1. The molecule has 3 aliphatic heterocycles. The zero-order valence-electron chi connectivity index (χ0n) is 36.2. The number of rotatable bonds is 12. The maximum absolute atomic E-state index is 14.2. The summed E-state index contributed by atoms with van der Waals surface area (Å²) in [7, 11) is -3.54. The van der Waals surface area contributed by atoms with Crippen molar-refractivity contribution in [3.05, 3.63) is 107 Å². The minimum Gasteiger partial charge on any atom is -0.490 e. The normalized spacial score (nSPS) is 19.7. The maximum Gasteiger partial charge on any atom is 0.262 e. The second-order valence-corrected chi connectivity index (χ2v) is 20.7. The Morgan fingerprint density at radius 2 is 1.66 bits per heavy atom. The number of pyridine rings is 1. The van der Waals surface area contributed by atoms with E-state index in [1.807, 2.05) is 46.7 Å². The monoisotopic (exact) mass is 944 g/mol. The molecule has 7 amide bonds. The third-order valence-corrected chi connectivity index (χ3v) is 15.3. The van der Waals surface area contributed by atoms with Crippen molar-refractivity contribution in [1.82, 2.24) is 34.4 Å². The number of piperidine rings is 2. The molecule has 1 unspecified atom stereocenters. The lowest BCUT2D eigenvalue weighted by Gasteiger charge is -2.52. The molecule has 4 fully saturated rings. The first-order valence-corrected chi connectivity index (χ1v) is 24.6. The van der Waals surface area contributed by atoms with Crippen LogP contribution < -0.4 is 20.7 Å². The first-order valence-electron chi connectivity index (χ1n) is 21.9. The summed E-state index contributed by atoms with van der Waals surface area (Å²) in [5, 5.41) is 9.55. The summed E-state index contributed by atoms with van der Waals surface area (Å²) in [5.41, 5.74) is 3.87. The predicted molar refractivity (Wildman–Crippen MR) is 242 cm³/mol. The van der Waals surface area contributed by atoms with Gasteiger partial charge in [-0.2, -0.15) is 0 Å². The van der Waals surface area contributed by atoms with Crippen molar-refractivity contribution in [2.75, 3.05) is 31.2 Å². The number of fused-ring (bicyclic) bond motifs is 1. The summed E-state index contributed by atoms with van der Waals surface area (Å²) in [5.74, 6) is -2.75. The molecule has 18 nitrogen and oxygen atoms in total. The highest BCUT2D eigenvalue weighted by Crippen LogP contribution is 2.53. The zero-order valence-corrected chi connectivity index (χ0v) is 37.8. The van der Waals surface area contributed by atoms with Crippen molar-refractivity contribution < 1.29 is 46.7 Å². The van der Waals surface area contributed by atoms with Gasteiger partial charge in [0.25, 0.3) is 17.7 Å². The Kier molecular flexibility index (Phi) is 10.9. The second kappa shape index (κ2) is 16.7. The van der Waals surface area contributed by atoms with Crippen LogP contribution >= 0.6 is 11.3 Å². The molecule has 6 heterocycles. The molecule has 20 heteroatoms. The second-order valence-electron chi connectivity index (χ2n) is 17.9. The number of nitrogens with zero attached hydrogens (tertiary/aromatic N) is 5. The van der Waals surface area contributed by atoms with Gasteiger partial charge in [-0.1, -0.05) is 18.2 Å². The summed E-state index contributed by atoms with van der Waals surface area (Å²) in [6.07, 6.45) is 9.97. The molecule has 5 aromatic rings. The number of likely N-dealkylation sites (tertiary alicyclic amines) is 1. The number of aromatic nitrogens is 3. The van der Waals surface area contributed by atoms with E-state index in [-0.39, 0.29) is 53.5 Å². The van der Waals surface area contributed by atoms with Crippen molar-refractivity contribution in [2.45, 2.75) is 68.9 Å². The van der Waals surface area contributed by atoms with Crippen LogP contribution in [0.2, 0.25) is 0 Å². The fourth-order valence-corrected chi connectivity index (χ4v) is 11.0. The molecule has 2 saturated heterocycles. The number of benzene rings is 2. The van der Waals surface area contributed by atoms with Gasteiger partial charge in [-0.15, -0.1) is 11.3 Å². The Morgan fingerprint density at radius 3 is 2.39 bits per heavy atom. The van der Waals surface area contributed by atoms with E-state index in [4.69, 9.17) is 9.72 Å². The van der Waals surface area contributed by atoms with Crippen LogP contribution in [0, 0.1) is 5.41 Å². The molecular formula is C47H44N8O10S2. The van der Waals surface area contributed by atoms with Crippen molar-refractivity contribution in [3.8, 4) is 28.1 Å². The van der Waals surface area contributed by atoms with Crippen molar-refractivity contribution in [2.24, 2.45) is 5.41 Å². The van der Waals surface area contributed by atoms with Gasteiger partial charge in [-0.05, 0) is 104 Å². The molecule has 10 rings (SSSR count). The van der Waals surface area contributed by atoms with E-state index in [1.54, 1.807) is 24.4 Å². The van der Waals surface area contributed by atoms with Crippen LogP contribution in [0.25, 0.3) is 22.4 Å². The summed E-state index contributed by atoms with van der Waals surface area (Å²) in [6, 6.07) is 16.8. The average Bonchev–Trinajstić information content (AvgIpc) is 3.58. The van der Waals surface area contributed by atoms with Crippen LogP contribution in [-0.2, 0) is 34.6 Å². The van der Waals surface area contributed by atoms with Gasteiger partial charge in [0, 0.05) is 49.0 Å². The number of ether oxygens (including phenoxy) is 1. The van der Waals surface area contributed by atoms with Gasteiger partial charge in [0.15, 0.2) is 5.13 Å². The van der Waals surface area contributed by atoms with Crippen molar-refractivity contribution >= 4 is 67.8 Å². The molecule has 344 valence electrons. The Morgan fingerprint density at radius 1 is 0.910 bits per heavy atom. The molecule has 0 radical (unpaired) electrons. The summed E-state index contributed by atoms with van der Waals surface area (Å²) in [4.78, 5) is 102. The highest BCUT2D eigenvalue weighted by molar-refractivity contribution is 7.89. The Balaban J connectivity index is 0.720. The number of anilines is 1. The minimum atomic E-state index is -3.54. The van der Waals surface area contributed by atoms with Gasteiger partial charge in [0.2, 0.25) is 33.7 Å². The Bertz CT molecular complexity index is 3030. The third-order valence-electron chi connectivity index (χ3n) is 13.5. The van der Waals surface area contributed by atoms with Gasteiger partial charge in [0.05, 0.1) is 52.4 Å². The lowest BCUT2D eigenvalue weighted by atomic mass is 9.61. The molecule has 5 aliphatic rings. The molecule has 2 saturated carbocycles. The zero-order chi connectivity index (χ0) is 46.8. The molecule has 3 aromatic heterocycles. The highest BCUT2D eigenvalue weighted by Gasteiger charge is 2.56.